The molecule has 14 heavy (non-hydrogen) atoms. The van der Waals surface area contributed by atoms with Crippen LogP contribution in [0.1, 0.15) is 5.56 Å². The molecule has 2 rings (SSSR count). The van der Waals surface area contributed by atoms with Gasteiger partial charge in [0.15, 0.2) is 0 Å². The Labute approximate surface area is 81.0 Å². The topological polar surface area (TPSA) is 43.1 Å². The molecule has 0 N–H and O–H groups in total. The fourth-order valence-electron chi connectivity index (χ4n) is 1.12. The lowest BCUT2D eigenvalue weighted by atomic mass is 10.2. The molecule has 0 aliphatic rings. The standard InChI is InChI=1S/C11H9NO2/c1-8-7-12-10(14-11(8)13)9-5-3-2-4-6-9/h2-7H,1H3. The largest absolute Gasteiger partial charge is 0.403 e. The molecule has 1 aromatic carbocycles. The number of rotatable bonds is 1. The van der Waals surface area contributed by atoms with E-state index in [0.29, 0.717) is 11.5 Å². The number of aromatic nitrogens is 1. The van der Waals surface area contributed by atoms with E-state index in [0.717, 1.165) is 5.56 Å². The zero-order valence-corrected chi connectivity index (χ0v) is 7.73. The molecular formula is C11H9NO2. The van der Waals surface area contributed by atoms with E-state index in [1.165, 1.54) is 6.20 Å². The van der Waals surface area contributed by atoms with Crippen molar-refractivity contribution in [2.75, 3.05) is 0 Å². The van der Waals surface area contributed by atoms with Crippen molar-refractivity contribution in [1.82, 2.24) is 4.98 Å². The lowest BCUT2D eigenvalue weighted by Gasteiger charge is -1.97. The van der Waals surface area contributed by atoms with E-state index >= 15 is 0 Å². The van der Waals surface area contributed by atoms with Gasteiger partial charge >= 0.3 is 5.63 Å². The summed E-state index contributed by atoms with van der Waals surface area (Å²) >= 11 is 0. The van der Waals surface area contributed by atoms with Gasteiger partial charge < -0.3 is 4.42 Å². The van der Waals surface area contributed by atoms with E-state index < -0.39 is 0 Å². The smallest absolute Gasteiger partial charge is 0.342 e. The van der Waals surface area contributed by atoms with Crippen molar-refractivity contribution < 1.29 is 4.42 Å². The molecule has 0 saturated heterocycles. The third-order valence-electron chi connectivity index (χ3n) is 1.91. The summed E-state index contributed by atoms with van der Waals surface area (Å²) in [6.45, 7) is 1.67. The van der Waals surface area contributed by atoms with Gasteiger partial charge in [0.2, 0.25) is 5.89 Å². The number of nitrogens with zero attached hydrogens (tertiary/aromatic N) is 1. The molecular weight excluding hydrogens is 178 g/mol. The SMILES string of the molecule is Cc1cnc(-c2ccccc2)oc1=O. The fraction of sp³-hybridized carbons (Fsp3) is 0.0909. The van der Waals surface area contributed by atoms with Crippen LogP contribution < -0.4 is 5.63 Å². The van der Waals surface area contributed by atoms with E-state index in [4.69, 9.17) is 4.42 Å². The highest BCUT2D eigenvalue weighted by atomic mass is 16.4. The normalized spacial score (nSPS) is 10.1. The van der Waals surface area contributed by atoms with Crippen LogP contribution in [0, 0.1) is 6.92 Å². The Bertz CT molecular complexity index is 488. The van der Waals surface area contributed by atoms with Gasteiger partial charge in [-0.05, 0) is 19.1 Å². The molecule has 1 aromatic heterocycles. The second-order valence-corrected chi connectivity index (χ2v) is 3.00. The molecule has 0 radical (unpaired) electrons. The van der Waals surface area contributed by atoms with Crippen LogP contribution in [-0.4, -0.2) is 4.98 Å². The Morgan fingerprint density at radius 3 is 2.57 bits per heavy atom. The van der Waals surface area contributed by atoms with Gasteiger partial charge in [-0.2, -0.15) is 0 Å². The van der Waals surface area contributed by atoms with Gasteiger partial charge in [0, 0.05) is 11.8 Å². The first-order valence-electron chi connectivity index (χ1n) is 4.29. The second kappa shape index (κ2) is 3.46. The molecule has 0 bridgehead atoms. The highest BCUT2D eigenvalue weighted by Gasteiger charge is 2.02. The predicted molar refractivity (Wildman–Crippen MR) is 52.9 cm³/mol. The minimum Gasteiger partial charge on any atom is -0.403 e. The monoisotopic (exact) mass is 187 g/mol. The third-order valence-corrected chi connectivity index (χ3v) is 1.91. The molecule has 0 amide bonds. The Hall–Kier alpha value is -1.90. The molecule has 70 valence electrons. The van der Waals surface area contributed by atoms with Gasteiger partial charge in [0.05, 0.1) is 5.56 Å². The Morgan fingerprint density at radius 2 is 1.93 bits per heavy atom. The van der Waals surface area contributed by atoms with E-state index in [2.05, 4.69) is 4.98 Å². The molecule has 1 heterocycles. The van der Waals surface area contributed by atoms with Crippen LogP contribution in [0.2, 0.25) is 0 Å². The van der Waals surface area contributed by atoms with Crippen LogP contribution in [0.3, 0.4) is 0 Å². The molecule has 0 unspecified atom stereocenters. The summed E-state index contributed by atoms with van der Waals surface area (Å²) < 4.78 is 5.03. The summed E-state index contributed by atoms with van der Waals surface area (Å²) in [5, 5.41) is 0. The summed E-state index contributed by atoms with van der Waals surface area (Å²) in [5.41, 5.74) is 0.994. The van der Waals surface area contributed by atoms with Crippen LogP contribution in [0.4, 0.5) is 0 Å². The average Bonchev–Trinajstić information content (AvgIpc) is 2.23. The number of benzene rings is 1. The predicted octanol–water partition coefficient (Wildman–Crippen LogP) is 2.01. The summed E-state index contributed by atoms with van der Waals surface area (Å²) in [6, 6.07) is 9.34. The average molecular weight is 187 g/mol. The molecule has 0 fully saturated rings. The summed E-state index contributed by atoms with van der Waals surface area (Å²) in [7, 11) is 0. The van der Waals surface area contributed by atoms with Crippen LogP contribution in [0.15, 0.2) is 45.7 Å². The maximum absolute atomic E-state index is 11.2. The van der Waals surface area contributed by atoms with Crippen LogP contribution in [0.25, 0.3) is 11.5 Å². The Kier molecular flexibility index (Phi) is 2.14. The first-order chi connectivity index (χ1) is 6.77. The van der Waals surface area contributed by atoms with Crippen molar-refractivity contribution in [3.63, 3.8) is 0 Å². The van der Waals surface area contributed by atoms with Gasteiger partial charge in [0.25, 0.3) is 0 Å². The lowest BCUT2D eigenvalue weighted by Crippen LogP contribution is -2.04. The van der Waals surface area contributed by atoms with Gasteiger partial charge in [0.1, 0.15) is 0 Å². The molecule has 0 aliphatic carbocycles. The van der Waals surface area contributed by atoms with Crippen molar-refractivity contribution in [2.45, 2.75) is 6.92 Å². The molecule has 0 spiro atoms. The second-order valence-electron chi connectivity index (χ2n) is 3.00. The fourth-order valence-corrected chi connectivity index (χ4v) is 1.12. The van der Waals surface area contributed by atoms with Crippen molar-refractivity contribution in [2.24, 2.45) is 0 Å². The minimum atomic E-state index is -0.334. The van der Waals surface area contributed by atoms with Gasteiger partial charge in [-0.3, -0.25) is 0 Å². The van der Waals surface area contributed by atoms with Gasteiger partial charge in [-0.25, -0.2) is 9.78 Å². The zero-order chi connectivity index (χ0) is 9.97. The number of hydrogen-bond acceptors (Lipinski definition) is 3. The van der Waals surface area contributed by atoms with Gasteiger partial charge in [-0.1, -0.05) is 18.2 Å². The molecule has 3 heteroatoms. The molecule has 0 aliphatic heterocycles. The van der Waals surface area contributed by atoms with Gasteiger partial charge in [-0.15, -0.1) is 0 Å². The molecule has 3 nitrogen and oxygen atoms in total. The summed E-state index contributed by atoms with van der Waals surface area (Å²) in [5.74, 6) is 0.362. The van der Waals surface area contributed by atoms with Crippen molar-refractivity contribution in [3.8, 4) is 11.5 Å². The first-order valence-corrected chi connectivity index (χ1v) is 4.29. The molecule has 0 atom stereocenters. The lowest BCUT2D eigenvalue weighted by molar-refractivity contribution is 0.501. The van der Waals surface area contributed by atoms with Crippen molar-refractivity contribution in [3.05, 3.63) is 52.5 Å². The van der Waals surface area contributed by atoms with E-state index in [1.807, 2.05) is 30.3 Å². The van der Waals surface area contributed by atoms with E-state index in [-0.39, 0.29) is 5.63 Å². The van der Waals surface area contributed by atoms with E-state index in [1.54, 1.807) is 6.92 Å². The van der Waals surface area contributed by atoms with Crippen molar-refractivity contribution >= 4 is 0 Å². The molecule has 0 saturated carbocycles. The number of aryl methyl sites for hydroxylation is 1. The first kappa shape index (κ1) is 8.69. The third kappa shape index (κ3) is 1.57. The molecule has 2 aromatic rings. The Morgan fingerprint density at radius 1 is 1.21 bits per heavy atom. The zero-order valence-electron chi connectivity index (χ0n) is 7.73. The van der Waals surface area contributed by atoms with Crippen molar-refractivity contribution in [1.29, 1.82) is 0 Å². The maximum atomic E-state index is 11.2. The number of hydrogen-bond donors (Lipinski definition) is 0. The quantitative estimate of drug-likeness (QED) is 0.685. The maximum Gasteiger partial charge on any atom is 0.342 e. The van der Waals surface area contributed by atoms with Crippen LogP contribution in [-0.2, 0) is 0 Å². The highest BCUT2D eigenvalue weighted by molar-refractivity contribution is 5.51. The highest BCUT2D eigenvalue weighted by Crippen LogP contribution is 2.13. The summed E-state index contributed by atoms with van der Waals surface area (Å²) in [4.78, 5) is 15.2. The van der Waals surface area contributed by atoms with E-state index in [9.17, 15) is 4.79 Å². The minimum absolute atomic E-state index is 0.334. The summed E-state index contributed by atoms with van der Waals surface area (Å²) in [6.07, 6.45) is 1.52. The van der Waals surface area contributed by atoms with Crippen LogP contribution >= 0.6 is 0 Å². The van der Waals surface area contributed by atoms with Crippen LogP contribution in [0.5, 0.6) is 0 Å². The Balaban J connectivity index is 2.54.